The molecule has 3 rings (SSSR count). The quantitative estimate of drug-likeness (QED) is 0.687. The molecule has 0 unspecified atom stereocenters. The zero-order chi connectivity index (χ0) is 18.6. The van der Waals surface area contributed by atoms with Gasteiger partial charge in [-0.1, -0.05) is 23.3 Å². The summed E-state index contributed by atoms with van der Waals surface area (Å²) in [6, 6.07) is 4.71. The van der Waals surface area contributed by atoms with Crippen molar-refractivity contribution in [3.63, 3.8) is 0 Å². The maximum Gasteiger partial charge on any atom is 0.246 e. The molecule has 1 aromatic rings. The molecule has 1 heterocycles. The van der Waals surface area contributed by atoms with Gasteiger partial charge >= 0.3 is 0 Å². The third-order valence-electron chi connectivity index (χ3n) is 5.21. The number of piperazine rings is 1. The number of rotatable bonds is 6. The molecule has 0 amide bonds. The van der Waals surface area contributed by atoms with Crippen molar-refractivity contribution in [1.29, 1.82) is 0 Å². The molecule has 0 aromatic heterocycles. The number of ether oxygens (including phenoxy) is 1. The van der Waals surface area contributed by atoms with Crippen LogP contribution in [0.25, 0.3) is 0 Å². The van der Waals surface area contributed by atoms with Crippen molar-refractivity contribution in [3.8, 4) is 5.75 Å². The number of nitrogens with zero attached hydrogens (tertiary/aromatic N) is 2. The van der Waals surface area contributed by atoms with E-state index in [1.54, 1.807) is 17.7 Å². The first-order valence-electron chi connectivity index (χ1n) is 9.24. The molecular weight excluding hydrogens is 372 g/mol. The lowest BCUT2D eigenvalue weighted by atomic mass is 9.97. The van der Waals surface area contributed by atoms with Gasteiger partial charge in [0.15, 0.2) is 0 Å². The van der Waals surface area contributed by atoms with E-state index in [0.717, 1.165) is 26.1 Å². The monoisotopic (exact) mass is 398 g/mol. The van der Waals surface area contributed by atoms with Gasteiger partial charge in [0.2, 0.25) is 10.0 Å². The Hall–Kier alpha value is -1.08. The first kappa shape index (κ1) is 19.7. The lowest BCUT2D eigenvalue weighted by Crippen LogP contribution is -2.48. The highest BCUT2D eigenvalue weighted by Crippen LogP contribution is 2.30. The van der Waals surface area contributed by atoms with Gasteiger partial charge in [0, 0.05) is 37.7 Å². The van der Waals surface area contributed by atoms with E-state index < -0.39 is 10.0 Å². The van der Waals surface area contributed by atoms with Crippen LogP contribution < -0.4 is 4.74 Å². The number of allylic oxidation sites excluding steroid dienone is 1. The second-order valence-corrected chi connectivity index (χ2v) is 9.24. The summed E-state index contributed by atoms with van der Waals surface area (Å²) in [7, 11) is -2.13. The Bertz CT molecular complexity index is 756. The Morgan fingerprint density at radius 2 is 1.92 bits per heavy atom. The highest BCUT2D eigenvalue weighted by molar-refractivity contribution is 7.89. The first-order chi connectivity index (χ1) is 12.5. The minimum absolute atomic E-state index is 0.147. The van der Waals surface area contributed by atoms with Crippen molar-refractivity contribution < 1.29 is 13.2 Å². The fraction of sp³-hybridized carbons (Fsp3) is 0.579. The van der Waals surface area contributed by atoms with Gasteiger partial charge in [0.1, 0.15) is 10.6 Å². The molecule has 0 saturated carbocycles. The molecule has 0 atom stereocenters. The lowest BCUT2D eigenvalue weighted by Gasteiger charge is -2.34. The topological polar surface area (TPSA) is 49.9 Å². The summed E-state index contributed by atoms with van der Waals surface area (Å²) in [6.45, 7) is 3.53. The van der Waals surface area contributed by atoms with Crippen molar-refractivity contribution in [2.24, 2.45) is 0 Å². The van der Waals surface area contributed by atoms with E-state index in [9.17, 15) is 8.42 Å². The van der Waals surface area contributed by atoms with Crippen molar-refractivity contribution >= 4 is 21.6 Å². The Balaban J connectivity index is 1.60. The van der Waals surface area contributed by atoms with Crippen molar-refractivity contribution in [2.75, 3.05) is 39.8 Å². The number of halogens is 1. The van der Waals surface area contributed by atoms with E-state index in [-0.39, 0.29) is 4.90 Å². The van der Waals surface area contributed by atoms with Crippen LogP contribution in [-0.4, -0.2) is 57.5 Å². The van der Waals surface area contributed by atoms with Crippen LogP contribution in [0.15, 0.2) is 34.7 Å². The average molecular weight is 399 g/mol. The van der Waals surface area contributed by atoms with Gasteiger partial charge in [-0.15, -0.1) is 0 Å². The summed E-state index contributed by atoms with van der Waals surface area (Å²) >= 11 is 6.00. The van der Waals surface area contributed by atoms with E-state index in [2.05, 4.69) is 11.0 Å². The van der Waals surface area contributed by atoms with Crippen LogP contribution in [-0.2, 0) is 10.0 Å². The normalized spacial score (nSPS) is 20.0. The minimum atomic E-state index is -3.60. The van der Waals surface area contributed by atoms with Gasteiger partial charge in [-0.2, -0.15) is 4.31 Å². The zero-order valence-electron chi connectivity index (χ0n) is 15.3. The first-order valence-corrected chi connectivity index (χ1v) is 11.1. The van der Waals surface area contributed by atoms with E-state index in [1.165, 1.54) is 43.2 Å². The molecule has 1 aliphatic carbocycles. The van der Waals surface area contributed by atoms with Crippen LogP contribution in [0.1, 0.15) is 32.1 Å². The van der Waals surface area contributed by atoms with Gasteiger partial charge in [0.05, 0.1) is 7.11 Å². The Labute approximate surface area is 161 Å². The molecule has 26 heavy (non-hydrogen) atoms. The van der Waals surface area contributed by atoms with Crippen LogP contribution in [0.2, 0.25) is 5.02 Å². The fourth-order valence-corrected chi connectivity index (χ4v) is 5.46. The number of benzene rings is 1. The number of methoxy groups -OCH3 is 1. The summed E-state index contributed by atoms with van der Waals surface area (Å²) in [6.07, 6.45) is 8.54. The van der Waals surface area contributed by atoms with E-state index >= 15 is 0 Å². The largest absolute Gasteiger partial charge is 0.495 e. The molecule has 0 bridgehead atoms. The SMILES string of the molecule is COc1ccc(Cl)cc1S(=O)(=O)N1CCN(CCC2=CCCCC2)CC1. The second-order valence-electron chi connectivity index (χ2n) is 6.90. The van der Waals surface area contributed by atoms with Gasteiger partial charge in [-0.25, -0.2) is 8.42 Å². The molecule has 1 aromatic carbocycles. The number of sulfonamides is 1. The third kappa shape index (κ3) is 4.60. The summed E-state index contributed by atoms with van der Waals surface area (Å²) in [4.78, 5) is 2.50. The van der Waals surface area contributed by atoms with E-state index in [4.69, 9.17) is 16.3 Å². The molecule has 2 aliphatic rings. The molecule has 0 N–H and O–H groups in total. The van der Waals surface area contributed by atoms with Crippen LogP contribution in [0.3, 0.4) is 0 Å². The molecule has 0 radical (unpaired) electrons. The van der Waals surface area contributed by atoms with E-state index in [0.29, 0.717) is 23.9 Å². The maximum absolute atomic E-state index is 13.0. The standard InChI is InChI=1S/C19H27ClN2O3S/c1-25-18-8-7-17(20)15-19(18)26(23,24)22-13-11-21(12-14-22)10-9-16-5-3-2-4-6-16/h5,7-8,15H,2-4,6,9-14H2,1H3. The maximum atomic E-state index is 13.0. The van der Waals surface area contributed by atoms with Gasteiger partial charge in [-0.05, 0) is 50.3 Å². The van der Waals surface area contributed by atoms with Crippen molar-refractivity contribution in [1.82, 2.24) is 9.21 Å². The number of hydrogen-bond acceptors (Lipinski definition) is 4. The third-order valence-corrected chi connectivity index (χ3v) is 7.36. The Morgan fingerprint density at radius 3 is 2.58 bits per heavy atom. The Morgan fingerprint density at radius 1 is 1.15 bits per heavy atom. The lowest BCUT2D eigenvalue weighted by molar-refractivity contribution is 0.189. The van der Waals surface area contributed by atoms with E-state index in [1.807, 2.05) is 0 Å². The molecule has 1 fully saturated rings. The zero-order valence-corrected chi connectivity index (χ0v) is 16.9. The summed E-state index contributed by atoms with van der Waals surface area (Å²) < 4.78 is 32.7. The molecule has 0 spiro atoms. The van der Waals surface area contributed by atoms with Crippen molar-refractivity contribution in [3.05, 3.63) is 34.9 Å². The summed E-state index contributed by atoms with van der Waals surface area (Å²) in [5.74, 6) is 0.334. The molecule has 5 nitrogen and oxygen atoms in total. The molecule has 144 valence electrons. The van der Waals surface area contributed by atoms with Gasteiger partial charge in [-0.3, -0.25) is 0 Å². The fourth-order valence-electron chi connectivity index (χ4n) is 3.62. The molecule has 7 heteroatoms. The van der Waals surface area contributed by atoms with Gasteiger partial charge in [0.25, 0.3) is 0 Å². The van der Waals surface area contributed by atoms with Crippen LogP contribution >= 0.6 is 11.6 Å². The minimum Gasteiger partial charge on any atom is -0.495 e. The number of hydrogen-bond donors (Lipinski definition) is 0. The van der Waals surface area contributed by atoms with Crippen LogP contribution in [0.5, 0.6) is 5.75 Å². The van der Waals surface area contributed by atoms with Gasteiger partial charge < -0.3 is 9.64 Å². The predicted octanol–water partition coefficient (Wildman–Crippen LogP) is 3.55. The summed E-state index contributed by atoms with van der Waals surface area (Å²) in [5, 5.41) is 0.392. The van der Waals surface area contributed by atoms with Crippen molar-refractivity contribution in [2.45, 2.75) is 37.0 Å². The molecular formula is C19H27ClN2O3S. The Kier molecular flexibility index (Phi) is 6.61. The average Bonchev–Trinajstić information content (AvgIpc) is 2.67. The van der Waals surface area contributed by atoms with Crippen LogP contribution in [0.4, 0.5) is 0 Å². The molecule has 1 aliphatic heterocycles. The molecule has 1 saturated heterocycles. The summed E-state index contributed by atoms with van der Waals surface area (Å²) in [5.41, 5.74) is 1.56. The predicted molar refractivity (Wildman–Crippen MR) is 104 cm³/mol. The highest BCUT2D eigenvalue weighted by atomic mass is 35.5. The highest BCUT2D eigenvalue weighted by Gasteiger charge is 2.31. The smallest absolute Gasteiger partial charge is 0.246 e. The second kappa shape index (κ2) is 8.74. The van der Waals surface area contributed by atoms with Crippen LogP contribution in [0, 0.1) is 0 Å².